The normalized spacial score (nSPS) is 19.1. The summed E-state index contributed by atoms with van der Waals surface area (Å²) in [6, 6.07) is 7.72. The average molecular weight is 480 g/mol. The Bertz CT molecular complexity index is 857. The summed E-state index contributed by atoms with van der Waals surface area (Å²) in [5, 5.41) is 4.72. The quantitative estimate of drug-likeness (QED) is 0.183. The van der Waals surface area contributed by atoms with Gasteiger partial charge < -0.3 is 29.4 Å². The van der Waals surface area contributed by atoms with Gasteiger partial charge in [0.05, 0.1) is 6.04 Å². The van der Waals surface area contributed by atoms with Crippen molar-refractivity contribution in [2.45, 2.75) is 70.7 Å². The highest BCUT2D eigenvalue weighted by molar-refractivity contribution is 6.80. The second kappa shape index (κ2) is 10.7. The first-order chi connectivity index (χ1) is 15.4. The number of ether oxygens (including phenoxy) is 3. The summed E-state index contributed by atoms with van der Waals surface area (Å²) in [4.78, 5) is 47.9. The molecule has 11 heteroatoms. The Labute approximate surface area is 195 Å². The van der Waals surface area contributed by atoms with E-state index in [9.17, 15) is 19.2 Å². The largest absolute Gasteiger partial charge is 0.510 e. The lowest BCUT2D eigenvalue weighted by Gasteiger charge is -2.57. The molecule has 1 aliphatic heterocycles. The molecule has 1 saturated heterocycles. The third-order valence-electron chi connectivity index (χ3n) is 6.09. The highest BCUT2D eigenvalue weighted by atomic mass is 28.3. The van der Waals surface area contributed by atoms with E-state index in [1.165, 1.54) is 6.92 Å². The van der Waals surface area contributed by atoms with Crippen LogP contribution in [0.3, 0.4) is 0 Å². The van der Waals surface area contributed by atoms with E-state index in [-0.39, 0.29) is 24.2 Å². The van der Waals surface area contributed by atoms with Crippen LogP contribution in [0.15, 0.2) is 30.3 Å². The molecular weight excluding hydrogens is 446 g/mol. The first-order valence-corrected chi connectivity index (χ1v) is 13.7. The standard InChI is InChI=1S/C22H33N3O7Si/c1-15(23-14-26)32-21(29)31-13-17-18(19(27)25(17)33(5,6)22(2,3)4)24-20(28)30-12-16-10-8-7-9-11-16/h7-11,14-15,17-18H,12-13H2,1-6H3,(H,23,26)(H,24,28)/t15?,17-,18+/m0/s1. The second-order valence-corrected chi connectivity index (χ2v) is 14.5. The molecular formula is C22H33N3O7Si. The average Bonchev–Trinajstić information content (AvgIpc) is 2.73. The maximum Gasteiger partial charge on any atom is 0.510 e. The zero-order valence-corrected chi connectivity index (χ0v) is 20.9. The molecule has 1 unspecified atom stereocenters. The maximum atomic E-state index is 13.1. The molecule has 2 N–H and O–H groups in total. The van der Waals surface area contributed by atoms with Crippen molar-refractivity contribution in [2.75, 3.05) is 6.61 Å². The van der Waals surface area contributed by atoms with Crippen LogP contribution in [0.4, 0.5) is 9.59 Å². The van der Waals surface area contributed by atoms with E-state index in [0.29, 0.717) is 6.41 Å². The van der Waals surface area contributed by atoms with Gasteiger partial charge in [-0.05, 0) is 17.5 Å². The number of amides is 3. The number of nitrogens with zero attached hydrogens (tertiary/aromatic N) is 1. The Morgan fingerprint density at radius 3 is 2.39 bits per heavy atom. The lowest BCUT2D eigenvalue weighted by molar-refractivity contribution is -0.146. The smallest absolute Gasteiger partial charge is 0.445 e. The molecule has 3 amide bonds. The first-order valence-electron chi connectivity index (χ1n) is 10.7. The minimum Gasteiger partial charge on any atom is -0.445 e. The van der Waals surface area contributed by atoms with Gasteiger partial charge in [-0.2, -0.15) is 0 Å². The van der Waals surface area contributed by atoms with Crippen molar-refractivity contribution >= 4 is 32.8 Å². The molecule has 0 aliphatic carbocycles. The van der Waals surface area contributed by atoms with Crippen molar-refractivity contribution in [1.29, 1.82) is 0 Å². The highest BCUT2D eigenvalue weighted by Crippen LogP contribution is 2.43. The fourth-order valence-corrected chi connectivity index (χ4v) is 5.74. The van der Waals surface area contributed by atoms with Crippen molar-refractivity contribution < 1.29 is 33.4 Å². The number of hydrogen-bond acceptors (Lipinski definition) is 7. The van der Waals surface area contributed by atoms with Gasteiger partial charge in [0.15, 0.2) is 14.5 Å². The van der Waals surface area contributed by atoms with Gasteiger partial charge >= 0.3 is 12.2 Å². The van der Waals surface area contributed by atoms with Crippen LogP contribution in [0.1, 0.15) is 33.3 Å². The third kappa shape index (κ3) is 6.47. The number of carbonyl (C=O) groups is 4. The van der Waals surface area contributed by atoms with Crippen LogP contribution in [0, 0.1) is 0 Å². The van der Waals surface area contributed by atoms with Crippen molar-refractivity contribution in [3.8, 4) is 0 Å². The number of benzene rings is 1. The lowest BCUT2D eigenvalue weighted by atomic mass is 10.00. The summed E-state index contributed by atoms with van der Waals surface area (Å²) in [7, 11) is -2.33. The van der Waals surface area contributed by atoms with Crippen molar-refractivity contribution in [3.05, 3.63) is 35.9 Å². The molecule has 1 fully saturated rings. The summed E-state index contributed by atoms with van der Waals surface area (Å²) < 4.78 is 17.1. The van der Waals surface area contributed by atoms with Crippen LogP contribution in [-0.4, -0.2) is 62.3 Å². The SMILES string of the molecule is CC(NC=O)OC(=O)OC[C@H]1[C@@H](NC(=O)OCc2ccccc2)C(=O)N1[Si](C)(C)C(C)(C)C. The van der Waals surface area contributed by atoms with Crippen molar-refractivity contribution in [1.82, 2.24) is 15.2 Å². The number of carbonyl (C=O) groups excluding carboxylic acids is 4. The molecule has 1 aromatic carbocycles. The Morgan fingerprint density at radius 2 is 1.82 bits per heavy atom. The van der Waals surface area contributed by atoms with E-state index < -0.39 is 38.8 Å². The minimum absolute atomic E-state index is 0.0641. The van der Waals surface area contributed by atoms with Gasteiger partial charge in [-0.25, -0.2) is 9.59 Å². The number of nitrogens with one attached hydrogen (secondary N) is 2. The summed E-state index contributed by atoms with van der Waals surface area (Å²) in [6.45, 7) is 11.6. The minimum atomic E-state index is -2.33. The van der Waals surface area contributed by atoms with Gasteiger partial charge in [0, 0.05) is 0 Å². The fraction of sp³-hybridized carbons (Fsp3) is 0.545. The van der Waals surface area contributed by atoms with Gasteiger partial charge in [0.1, 0.15) is 19.3 Å². The van der Waals surface area contributed by atoms with Gasteiger partial charge in [-0.3, -0.25) is 9.59 Å². The summed E-state index contributed by atoms with van der Waals surface area (Å²) in [5.74, 6) is -0.240. The number of alkyl carbamates (subject to hydrolysis) is 1. The number of rotatable bonds is 9. The summed E-state index contributed by atoms with van der Waals surface area (Å²) >= 11 is 0. The van der Waals surface area contributed by atoms with Crippen LogP contribution in [-0.2, 0) is 30.4 Å². The van der Waals surface area contributed by atoms with Crippen LogP contribution in [0.2, 0.25) is 18.1 Å². The van der Waals surface area contributed by atoms with Gasteiger partial charge in [-0.15, -0.1) is 0 Å². The monoisotopic (exact) mass is 479 g/mol. The molecule has 0 radical (unpaired) electrons. The molecule has 2 rings (SSSR count). The topological polar surface area (TPSA) is 123 Å². The molecule has 1 aliphatic rings. The predicted molar refractivity (Wildman–Crippen MR) is 122 cm³/mol. The Balaban J connectivity index is 2.06. The maximum absolute atomic E-state index is 13.1. The zero-order valence-electron chi connectivity index (χ0n) is 19.9. The van der Waals surface area contributed by atoms with Crippen molar-refractivity contribution in [3.63, 3.8) is 0 Å². The third-order valence-corrected chi connectivity index (χ3v) is 11.5. The molecule has 1 heterocycles. The zero-order chi connectivity index (χ0) is 24.8. The second-order valence-electron chi connectivity index (χ2n) is 9.37. The molecule has 3 atom stereocenters. The molecule has 10 nitrogen and oxygen atoms in total. The molecule has 182 valence electrons. The van der Waals surface area contributed by atoms with E-state index in [2.05, 4.69) is 44.5 Å². The van der Waals surface area contributed by atoms with Crippen LogP contribution in [0.5, 0.6) is 0 Å². The van der Waals surface area contributed by atoms with E-state index >= 15 is 0 Å². The Kier molecular flexibility index (Phi) is 8.48. The van der Waals surface area contributed by atoms with Crippen LogP contribution >= 0.6 is 0 Å². The predicted octanol–water partition coefficient (Wildman–Crippen LogP) is 2.74. The summed E-state index contributed by atoms with van der Waals surface area (Å²) in [5.41, 5.74) is 0.816. The number of β-lactam (4-membered cyclic amide) rings is 1. The van der Waals surface area contributed by atoms with Crippen LogP contribution in [0.25, 0.3) is 0 Å². The van der Waals surface area contributed by atoms with Gasteiger partial charge in [0.2, 0.25) is 12.3 Å². The Hall–Kier alpha value is -3.08. The highest BCUT2D eigenvalue weighted by Gasteiger charge is 2.58. The van der Waals surface area contributed by atoms with Crippen LogP contribution < -0.4 is 10.6 Å². The van der Waals surface area contributed by atoms with Gasteiger partial charge in [-0.1, -0.05) is 64.2 Å². The molecule has 0 aromatic heterocycles. The number of hydrogen-bond donors (Lipinski definition) is 2. The van der Waals surface area contributed by atoms with E-state index in [1.54, 1.807) is 4.57 Å². The first kappa shape index (κ1) is 26.2. The Morgan fingerprint density at radius 1 is 1.18 bits per heavy atom. The van der Waals surface area contributed by atoms with Crippen molar-refractivity contribution in [2.24, 2.45) is 0 Å². The molecule has 33 heavy (non-hydrogen) atoms. The molecule has 0 bridgehead atoms. The van der Waals surface area contributed by atoms with E-state index in [1.807, 2.05) is 30.3 Å². The fourth-order valence-electron chi connectivity index (χ4n) is 3.28. The summed E-state index contributed by atoms with van der Waals surface area (Å²) in [6.07, 6.45) is -2.18. The van der Waals surface area contributed by atoms with E-state index in [4.69, 9.17) is 14.2 Å². The van der Waals surface area contributed by atoms with E-state index in [0.717, 1.165) is 5.56 Å². The molecule has 1 aromatic rings. The molecule has 0 saturated carbocycles. The van der Waals surface area contributed by atoms with Gasteiger partial charge in [0.25, 0.3) is 0 Å². The lowest BCUT2D eigenvalue weighted by Crippen LogP contribution is -2.79. The molecule has 0 spiro atoms.